The zero-order valence-corrected chi connectivity index (χ0v) is 24.8. The molecule has 0 atom stereocenters. The summed E-state index contributed by atoms with van der Waals surface area (Å²) in [5.41, 5.74) is 2.45. The lowest BCUT2D eigenvalue weighted by Gasteiger charge is -2.28. The third kappa shape index (κ3) is 6.30. The van der Waals surface area contributed by atoms with Crippen LogP contribution in [0.25, 0.3) is 21.5 Å². The predicted octanol–water partition coefficient (Wildman–Crippen LogP) is 4.02. The normalized spacial score (nSPS) is 14.8. The van der Waals surface area contributed by atoms with Gasteiger partial charge in [-0.2, -0.15) is 5.10 Å². The summed E-state index contributed by atoms with van der Waals surface area (Å²) >= 11 is 1.59. The summed E-state index contributed by atoms with van der Waals surface area (Å²) in [6.07, 6.45) is 2.46. The number of rotatable bonds is 8. The molecule has 1 fully saturated rings. The number of thiophene rings is 1. The molecule has 11 nitrogen and oxygen atoms in total. The number of allylic oxidation sites excluding steroid dienone is 2. The van der Waals surface area contributed by atoms with Gasteiger partial charge in [-0.25, -0.2) is 27.5 Å². The molecule has 1 aliphatic heterocycles. The summed E-state index contributed by atoms with van der Waals surface area (Å²) in [5, 5.41) is 8.60. The molecule has 1 aliphatic rings. The van der Waals surface area contributed by atoms with Crippen molar-refractivity contribution >= 4 is 54.4 Å². The van der Waals surface area contributed by atoms with Crippen LogP contribution in [0.3, 0.4) is 0 Å². The second-order valence-electron chi connectivity index (χ2n) is 9.59. The number of hydrogen-bond acceptors (Lipinski definition) is 10. The number of aromatic nitrogens is 4. The van der Waals surface area contributed by atoms with Crippen LogP contribution in [0, 0.1) is 5.82 Å². The van der Waals surface area contributed by atoms with Crippen LogP contribution >= 0.6 is 11.3 Å². The van der Waals surface area contributed by atoms with E-state index in [1.54, 1.807) is 25.2 Å². The summed E-state index contributed by atoms with van der Waals surface area (Å²) < 4.78 is 45.7. The summed E-state index contributed by atoms with van der Waals surface area (Å²) in [5.74, 6) is 0.177. The molecule has 14 heteroatoms. The average molecular weight is 610 g/mol. The van der Waals surface area contributed by atoms with E-state index < -0.39 is 21.6 Å². The predicted molar refractivity (Wildman–Crippen MR) is 160 cm³/mol. The van der Waals surface area contributed by atoms with Crippen molar-refractivity contribution in [3.8, 4) is 5.69 Å². The minimum atomic E-state index is -3.75. The number of morpholine rings is 1. The fourth-order valence-electron chi connectivity index (χ4n) is 4.19. The van der Waals surface area contributed by atoms with Gasteiger partial charge in [0.15, 0.2) is 32.2 Å². The Balaban J connectivity index is 1.35. The van der Waals surface area contributed by atoms with E-state index in [1.165, 1.54) is 36.5 Å². The number of carbonyl (C=O) groups is 1. The first-order valence-corrected chi connectivity index (χ1v) is 15.6. The molecule has 42 heavy (non-hydrogen) atoms. The van der Waals surface area contributed by atoms with E-state index in [-0.39, 0.29) is 10.7 Å². The largest absolute Gasteiger partial charge is 0.378 e. The molecule has 0 radical (unpaired) electrons. The zero-order valence-electron chi connectivity index (χ0n) is 23.2. The van der Waals surface area contributed by atoms with Gasteiger partial charge < -0.3 is 15.0 Å². The van der Waals surface area contributed by atoms with Crippen LogP contribution in [0.5, 0.6) is 0 Å². The molecule has 5 rings (SSSR count). The summed E-state index contributed by atoms with van der Waals surface area (Å²) in [7, 11) is -3.75. The lowest BCUT2D eigenvalue weighted by atomic mass is 10.2. The molecular weight excluding hydrogens is 581 g/mol. The van der Waals surface area contributed by atoms with Crippen molar-refractivity contribution in [3.05, 3.63) is 77.6 Å². The van der Waals surface area contributed by atoms with Crippen molar-refractivity contribution in [1.82, 2.24) is 25.1 Å². The lowest BCUT2D eigenvalue weighted by molar-refractivity contribution is 0.0960. The van der Waals surface area contributed by atoms with Gasteiger partial charge in [-0.1, -0.05) is 6.58 Å². The first kappa shape index (κ1) is 29.2. The fourth-order valence-corrected chi connectivity index (χ4v) is 5.82. The van der Waals surface area contributed by atoms with Crippen LogP contribution in [-0.4, -0.2) is 72.3 Å². The number of aliphatic imine (C=N–C) groups is 1. The first-order chi connectivity index (χ1) is 20.0. The summed E-state index contributed by atoms with van der Waals surface area (Å²) in [6.45, 7) is 10.3. The number of sulfone groups is 1. The molecule has 0 saturated carbocycles. The van der Waals surface area contributed by atoms with Crippen LogP contribution in [0.1, 0.15) is 30.2 Å². The third-order valence-corrected chi connectivity index (χ3v) is 8.38. The molecule has 1 amide bonds. The minimum Gasteiger partial charge on any atom is -0.378 e. The van der Waals surface area contributed by atoms with E-state index in [0.717, 1.165) is 40.1 Å². The Morgan fingerprint density at radius 3 is 2.57 bits per heavy atom. The summed E-state index contributed by atoms with van der Waals surface area (Å²) in [6, 6.07) is 8.21. The van der Waals surface area contributed by atoms with Crippen LogP contribution in [-0.2, 0) is 14.6 Å². The molecule has 4 heterocycles. The quantitative estimate of drug-likeness (QED) is 0.297. The van der Waals surface area contributed by atoms with Gasteiger partial charge in [-0.05, 0) is 49.6 Å². The molecular formula is C28H28FN7O4S2. The number of benzene rings is 1. The van der Waals surface area contributed by atoms with Crippen LogP contribution in [0.15, 0.2) is 70.3 Å². The van der Waals surface area contributed by atoms with Crippen molar-refractivity contribution in [2.24, 2.45) is 4.99 Å². The van der Waals surface area contributed by atoms with Gasteiger partial charge in [0, 0.05) is 48.6 Å². The number of amides is 1. The Bertz CT molecular complexity index is 1840. The monoisotopic (exact) mass is 609 g/mol. The number of nitrogens with one attached hydrogen (secondary N) is 1. The molecule has 1 aromatic carbocycles. The number of nitrogens with zero attached hydrogens (tertiary/aromatic N) is 6. The van der Waals surface area contributed by atoms with E-state index in [2.05, 4.69) is 31.9 Å². The maximum absolute atomic E-state index is 13.4. The van der Waals surface area contributed by atoms with Gasteiger partial charge in [0.25, 0.3) is 5.91 Å². The number of halogens is 1. The van der Waals surface area contributed by atoms with Gasteiger partial charge >= 0.3 is 0 Å². The Kier molecular flexibility index (Phi) is 8.29. The highest BCUT2D eigenvalue weighted by Gasteiger charge is 2.22. The van der Waals surface area contributed by atoms with E-state index in [4.69, 9.17) is 9.72 Å². The molecule has 218 valence electrons. The Morgan fingerprint density at radius 1 is 1.17 bits per heavy atom. The van der Waals surface area contributed by atoms with Crippen molar-refractivity contribution in [2.75, 3.05) is 37.5 Å². The van der Waals surface area contributed by atoms with E-state index >= 15 is 0 Å². The van der Waals surface area contributed by atoms with Gasteiger partial charge in [-0.15, -0.1) is 11.3 Å². The average Bonchev–Trinajstić information content (AvgIpc) is 3.64. The van der Waals surface area contributed by atoms with Crippen molar-refractivity contribution in [1.29, 1.82) is 0 Å². The van der Waals surface area contributed by atoms with Crippen molar-refractivity contribution < 1.29 is 22.3 Å². The second kappa shape index (κ2) is 11.9. The molecule has 0 unspecified atom stereocenters. The smallest absolute Gasteiger partial charge is 0.276 e. The van der Waals surface area contributed by atoms with Crippen LogP contribution in [0.4, 0.5) is 10.2 Å². The SMILES string of the molecule is C=C(C(C)=N/C=C(\C)NC(=O)c1cc(S(C)(=O)=O)n(-c2ccc(F)cc2)n1)c1nc(N2CCOCC2)c2sccc2n1. The number of anilines is 1. The van der Waals surface area contributed by atoms with E-state index in [9.17, 15) is 17.6 Å². The molecule has 1 saturated heterocycles. The highest BCUT2D eigenvalue weighted by atomic mass is 32.2. The minimum absolute atomic E-state index is 0.134. The molecule has 0 bridgehead atoms. The van der Waals surface area contributed by atoms with E-state index in [0.29, 0.717) is 41.7 Å². The number of ether oxygens (including phenoxy) is 1. The van der Waals surface area contributed by atoms with Gasteiger partial charge in [0.1, 0.15) is 5.82 Å². The van der Waals surface area contributed by atoms with Gasteiger partial charge in [-0.3, -0.25) is 9.79 Å². The number of fused-ring (bicyclic) bond motifs is 1. The number of hydrogen-bond donors (Lipinski definition) is 1. The third-order valence-electron chi connectivity index (χ3n) is 6.43. The van der Waals surface area contributed by atoms with Crippen molar-refractivity contribution in [2.45, 2.75) is 18.9 Å². The lowest BCUT2D eigenvalue weighted by Crippen LogP contribution is -2.37. The Morgan fingerprint density at radius 2 is 1.88 bits per heavy atom. The molecule has 0 spiro atoms. The summed E-state index contributed by atoms with van der Waals surface area (Å²) in [4.78, 5) is 29.1. The van der Waals surface area contributed by atoms with Crippen molar-refractivity contribution in [3.63, 3.8) is 0 Å². The Labute approximate surface area is 246 Å². The van der Waals surface area contributed by atoms with Gasteiger partial charge in [0.2, 0.25) is 0 Å². The maximum atomic E-state index is 13.4. The highest BCUT2D eigenvalue weighted by Crippen LogP contribution is 2.31. The topological polar surface area (TPSA) is 132 Å². The standard InChI is InChI=1S/C28H28FN7O4S2/c1-17(31-28(37)23-15-24(42(4,38)39)36(34-23)21-7-5-20(29)6-8-21)16-30-19(3)18(2)26-32-22-9-14-41-25(22)27(33-26)35-10-12-40-13-11-35/h5-9,14-16H,2,10-13H2,1,3-4H3,(H,31,37)/b17-16+,30-19?. The highest BCUT2D eigenvalue weighted by molar-refractivity contribution is 7.90. The maximum Gasteiger partial charge on any atom is 0.276 e. The Hall–Kier alpha value is -4.27. The molecule has 1 N–H and O–H groups in total. The molecule has 4 aromatic rings. The van der Waals surface area contributed by atoms with Gasteiger partial charge in [0.05, 0.1) is 29.1 Å². The first-order valence-electron chi connectivity index (χ1n) is 12.9. The second-order valence-corrected chi connectivity index (χ2v) is 12.5. The number of carbonyl (C=O) groups excluding carboxylic acids is 1. The van der Waals surface area contributed by atoms with E-state index in [1.807, 2.05) is 11.4 Å². The van der Waals surface area contributed by atoms with Crippen LogP contribution in [0.2, 0.25) is 0 Å². The van der Waals surface area contributed by atoms with Crippen LogP contribution < -0.4 is 10.2 Å². The molecule has 0 aliphatic carbocycles. The molecule has 3 aromatic heterocycles. The zero-order chi connectivity index (χ0) is 30.0. The fraction of sp³-hybridized carbons (Fsp3) is 0.250.